The maximum absolute atomic E-state index is 6.21. The third kappa shape index (κ3) is 5.93. The highest BCUT2D eigenvalue weighted by Crippen LogP contribution is 2.41. The van der Waals surface area contributed by atoms with E-state index in [1.54, 1.807) is 0 Å². The molecule has 0 fully saturated rings. The molecule has 294 valence electrons. The molecular formula is C58H35N3O2. The zero-order valence-electron chi connectivity index (χ0n) is 33.9. The molecule has 5 nitrogen and oxygen atoms in total. The van der Waals surface area contributed by atoms with E-state index in [9.17, 15) is 0 Å². The van der Waals surface area contributed by atoms with Crippen molar-refractivity contribution < 1.29 is 8.83 Å². The van der Waals surface area contributed by atoms with Crippen LogP contribution in [0.5, 0.6) is 0 Å². The van der Waals surface area contributed by atoms with Gasteiger partial charge in [-0.05, 0) is 104 Å². The topological polar surface area (TPSA) is 55.3 Å². The minimum atomic E-state index is 0.828. The van der Waals surface area contributed by atoms with Crippen molar-refractivity contribution in [2.45, 2.75) is 0 Å². The molecule has 0 atom stereocenters. The van der Waals surface area contributed by atoms with Gasteiger partial charge in [0.05, 0.1) is 11.4 Å². The predicted octanol–water partition coefficient (Wildman–Crippen LogP) is 16.2. The summed E-state index contributed by atoms with van der Waals surface area (Å²) in [6.07, 6.45) is 3.84. The molecule has 0 saturated heterocycles. The van der Waals surface area contributed by atoms with Crippen molar-refractivity contribution >= 4 is 93.3 Å². The smallest absolute Gasteiger partial charge is 0.139 e. The summed E-state index contributed by atoms with van der Waals surface area (Å²) in [7, 11) is 0. The van der Waals surface area contributed by atoms with E-state index in [1.807, 2.05) is 60.9 Å². The highest BCUT2D eigenvalue weighted by atomic mass is 16.3. The Kier molecular flexibility index (Phi) is 7.84. The fraction of sp³-hybridized carbons (Fsp3) is 0. The fourth-order valence-corrected chi connectivity index (χ4v) is 9.31. The van der Waals surface area contributed by atoms with Crippen LogP contribution in [0.2, 0.25) is 0 Å². The number of rotatable bonds is 6. The van der Waals surface area contributed by atoms with Crippen LogP contribution >= 0.6 is 0 Å². The minimum Gasteiger partial charge on any atom is -0.456 e. The molecule has 0 aliphatic heterocycles. The van der Waals surface area contributed by atoms with Crippen molar-refractivity contribution in [2.75, 3.05) is 4.90 Å². The van der Waals surface area contributed by atoms with Crippen LogP contribution in [0, 0.1) is 0 Å². The van der Waals surface area contributed by atoms with Crippen molar-refractivity contribution in [2.24, 2.45) is 0 Å². The molecule has 9 aromatic carbocycles. The molecule has 4 heterocycles. The average Bonchev–Trinajstić information content (AvgIpc) is 3.92. The number of anilines is 3. The molecule has 63 heavy (non-hydrogen) atoms. The standard InChI is InChI=1S/C58H35N3O2/c1-2-8-39-29-40(14-13-36(39)7-1)41-21-27-47-42(30-41)15-16-43-31-46(26-28-48(43)47)61(44-22-17-37(18-23-44)53-32-57-51(34-59-53)49-9-3-5-11-55(49)62-57)45-24-19-38(20-25-45)54-33-58-52(35-60-54)50-10-4-6-12-56(50)63-58/h1-35H. The van der Waals surface area contributed by atoms with Gasteiger partial charge >= 0.3 is 0 Å². The Hall–Kier alpha value is -8.54. The molecule has 13 aromatic rings. The molecule has 0 bridgehead atoms. The molecule has 0 aliphatic carbocycles. The molecule has 4 aromatic heterocycles. The van der Waals surface area contributed by atoms with E-state index in [4.69, 9.17) is 18.8 Å². The highest BCUT2D eigenvalue weighted by Gasteiger charge is 2.17. The minimum absolute atomic E-state index is 0.828. The lowest BCUT2D eigenvalue weighted by Crippen LogP contribution is -2.10. The summed E-state index contributed by atoms with van der Waals surface area (Å²) >= 11 is 0. The number of aromatic nitrogens is 2. The fourth-order valence-electron chi connectivity index (χ4n) is 9.31. The van der Waals surface area contributed by atoms with Gasteiger partial charge in [-0.2, -0.15) is 0 Å². The van der Waals surface area contributed by atoms with Gasteiger partial charge in [0.1, 0.15) is 22.3 Å². The van der Waals surface area contributed by atoms with Crippen LogP contribution < -0.4 is 4.90 Å². The summed E-state index contributed by atoms with van der Waals surface area (Å²) in [6.45, 7) is 0. The third-order valence-electron chi connectivity index (χ3n) is 12.5. The first-order valence-electron chi connectivity index (χ1n) is 21.2. The first-order valence-corrected chi connectivity index (χ1v) is 21.2. The first-order chi connectivity index (χ1) is 31.2. The molecule has 0 unspecified atom stereocenters. The van der Waals surface area contributed by atoms with Crippen LogP contribution in [-0.2, 0) is 0 Å². The Labute approximate surface area is 361 Å². The average molecular weight is 806 g/mol. The van der Waals surface area contributed by atoms with Gasteiger partial charge in [-0.3, -0.25) is 9.97 Å². The van der Waals surface area contributed by atoms with Gasteiger partial charge in [0, 0.05) is 74.3 Å². The second-order valence-electron chi connectivity index (χ2n) is 16.2. The van der Waals surface area contributed by atoms with E-state index < -0.39 is 0 Å². The van der Waals surface area contributed by atoms with Gasteiger partial charge in [-0.1, -0.05) is 127 Å². The zero-order chi connectivity index (χ0) is 41.4. The number of furan rings is 2. The highest BCUT2D eigenvalue weighted by molar-refractivity contribution is 6.10. The maximum atomic E-state index is 6.21. The van der Waals surface area contributed by atoms with Gasteiger partial charge in [0.25, 0.3) is 0 Å². The molecule has 0 radical (unpaired) electrons. The van der Waals surface area contributed by atoms with Crippen LogP contribution in [0.25, 0.3) is 110 Å². The molecule has 13 rings (SSSR count). The van der Waals surface area contributed by atoms with E-state index in [-0.39, 0.29) is 0 Å². The van der Waals surface area contributed by atoms with E-state index in [0.717, 1.165) is 83.5 Å². The number of hydrogen-bond donors (Lipinski definition) is 0. The second-order valence-corrected chi connectivity index (χ2v) is 16.2. The van der Waals surface area contributed by atoms with Crippen LogP contribution in [0.4, 0.5) is 17.1 Å². The van der Waals surface area contributed by atoms with Gasteiger partial charge in [0.2, 0.25) is 0 Å². The molecule has 0 saturated carbocycles. The van der Waals surface area contributed by atoms with Crippen molar-refractivity contribution in [3.05, 3.63) is 213 Å². The van der Waals surface area contributed by atoms with E-state index in [1.165, 1.54) is 43.4 Å². The van der Waals surface area contributed by atoms with Crippen molar-refractivity contribution in [3.63, 3.8) is 0 Å². The molecule has 0 spiro atoms. The zero-order valence-corrected chi connectivity index (χ0v) is 33.9. The van der Waals surface area contributed by atoms with Gasteiger partial charge < -0.3 is 13.7 Å². The molecule has 0 aliphatic rings. The summed E-state index contributed by atoms with van der Waals surface area (Å²) in [5, 5.41) is 11.5. The van der Waals surface area contributed by atoms with Gasteiger partial charge in [-0.15, -0.1) is 0 Å². The largest absolute Gasteiger partial charge is 0.456 e. The lowest BCUT2D eigenvalue weighted by atomic mass is 9.96. The molecular weight excluding hydrogens is 771 g/mol. The van der Waals surface area contributed by atoms with Crippen LogP contribution in [0.15, 0.2) is 221 Å². The molecule has 0 amide bonds. The number of para-hydroxylation sites is 2. The number of fused-ring (bicyclic) bond motifs is 10. The van der Waals surface area contributed by atoms with Crippen LogP contribution in [0.1, 0.15) is 0 Å². The van der Waals surface area contributed by atoms with Crippen molar-refractivity contribution in [1.82, 2.24) is 9.97 Å². The molecule has 5 heteroatoms. The maximum Gasteiger partial charge on any atom is 0.139 e. The summed E-state index contributed by atoms with van der Waals surface area (Å²) < 4.78 is 12.4. The van der Waals surface area contributed by atoms with Gasteiger partial charge in [0.15, 0.2) is 0 Å². The lowest BCUT2D eigenvalue weighted by Gasteiger charge is -2.26. The summed E-state index contributed by atoms with van der Waals surface area (Å²) in [6, 6.07) is 70.9. The third-order valence-corrected chi connectivity index (χ3v) is 12.5. The Morgan fingerprint density at radius 1 is 0.286 bits per heavy atom. The van der Waals surface area contributed by atoms with E-state index in [2.05, 4.69) is 157 Å². The van der Waals surface area contributed by atoms with Crippen LogP contribution in [-0.4, -0.2) is 9.97 Å². The van der Waals surface area contributed by atoms with Crippen molar-refractivity contribution in [1.29, 1.82) is 0 Å². The predicted molar refractivity (Wildman–Crippen MR) is 260 cm³/mol. The SMILES string of the molecule is c1ccc2cc(-c3ccc4c(ccc5cc(N(c6ccc(-c7cc8oc9ccccc9c8cn7)cc6)c6ccc(-c7cc8oc9ccccc9c8cn7)cc6)ccc54)c3)ccc2c1. The molecule has 0 N–H and O–H groups in total. The number of benzene rings is 9. The number of hydrogen-bond acceptors (Lipinski definition) is 5. The lowest BCUT2D eigenvalue weighted by molar-refractivity contribution is 0.668. The van der Waals surface area contributed by atoms with E-state index in [0.29, 0.717) is 0 Å². The number of nitrogens with zero attached hydrogens (tertiary/aromatic N) is 3. The summed E-state index contributed by atoms with van der Waals surface area (Å²) in [5.41, 5.74) is 12.7. The summed E-state index contributed by atoms with van der Waals surface area (Å²) in [4.78, 5) is 12.0. The second kappa shape index (κ2) is 14.0. The Balaban J connectivity index is 0.884. The van der Waals surface area contributed by atoms with Crippen molar-refractivity contribution in [3.8, 4) is 33.6 Å². The summed E-state index contributed by atoms with van der Waals surface area (Å²) in [5.74, 6) is 0. The Morgan fingerprint density at radius 2 is 0.730 bits per heavy atom. The van der Waals surface area contributed by atoms with Gasteiger partial charge in [-0.25, -0.2) is 0 Å². The first kappa shape index (κ1) is 35.2. The Morgan fingerprint density at radius 3 is 1.33 bits per heavy atom. The van der Waals surface area contributed by atoms with Crippen LogP contribution in [0.3, 0.4) is 0 Å². The van der Waals surface area contributed by atoms with E-state index >= 15 is 0 Å². The normalized spacial score (nSPS) is 11.8. The number of pyridine rings is 2. The Bertz CT molecular complexity index is 3760. The monoisotopic (exact) mass is 805 g/mol. The quantitative estimate of drug-likeness (QED) is 0.157.